The molecule has 2 unspecified atom stereocenters. The number of hydrogen-bond donors (Lipinski definition) is 1. The zero-order valence-corrected chi connectivity index (χ0v) is 12.7. The summed E-state index contributed by atoms with van der Waals surface area (Å²) in [4.78, 5) is 2.49. The molecule has 2 fully saturated rings. The highest BCUT2D eigenvalue weighted by molar-refractivity contribution is 6.31. The van der Waals surface area contributed by atoms with Crippen molar-refractivity contribution in [2.75, 3.05) is 11.4 Å². The molecule has 3 rings (SSSR count). The number of nitrogens with one attached hydrogen (secondary N) is 1. The molecule has 2 saturated heterocycles. The number of anilines is 1. The van der Waals surface area contributed by atoms with E-state index in [1.807, 2.05) is 6.07 Å². The number of rotatable bonds is 3. The Balaban J connectivity index is 1.84. The average molecular weight is 297 g/mol. The van der Waals surface area contributed by atoms with Crippen LogP contribution >= 0.6 is 11.6 Å². The second-order valence-corrected chi connectivity index (χ2v) is 6.38. The molecule has 0 spiro atoms. The summed E-state index contributed by atoms with van der Waals surface area (Å²) in [5.41, 5.74) is 1.08. The van der Waals surface area contributed by atoms with E-state index in [4.69, 9.17) is 11.6 Å². The molecule has 2 bridgehead atoms. The predicted octanol–water partition coefficient (Wildman–Crippen LogP) is 3.98. The lowest BCUT2D eigenvalue weighted by molar-refractivity contribution is 0.247. The van der Waals surface area contributed by atoms with E-state index in [1.165, 1.54) is 38.2 Å². The van der Waals surface area contributed by atoms with Gasteiger partial charge in [0.1, 0.15) is 5.82 Å². The van der Waals surface area contributed by atoms with E-state index in [0.29, 0.717) is 18.1 Å². The van der Waals surface area contributed by atoms with Crippen LogP contribution in [0.3, 0.4) is 0 Å². The number of fused-ring (bicyclic) bond motifs is 2. The Morgan fingerprint density at radius 1 is 1.30 bits per heavy atom. The Hall–Kier alpha value is -0.800. The number of nitrogens with zero attached hydrogens (tertiary/aromatic N) is 1. The van der Waals surface area contributed by atoms with E-state index >= 15 is 0 Å². The summed E-state index contributed by atoms with van der Waals surface area (Å²) in [7, 11) is 0. The van der Waals surface area contributed by atoms with Gasteiger partial charge in [-0.15, -0.1) is 0 Å². The van der Waals surface area contributed by atoms with Crippen molar-refractivity contribution in [3.63, 3.8) is 0 Å². The Kier molecular flexibility index (Phi) is 4.18. The van der Waals surface area contributed by atoms with Crippen molar-refractivity contribution in [3.8, 4) is 0 Å². The van der Waals surface area contributed by atoms with Gasteiger partial charge in [0.05, 0.1) is 5.02 Å². The maximum atomic E-state index is 13.4. The van der Waals surface area contributed by atoms with E-state index in [9.17, 15) is 4.39 Å². The average Bonchev–Trinajstić information content (AvgIpc) is 2.41. The van der Waals surface area contributed by atoms with Crippen LogP contribution in [0, 0.1) is 5.82 Å². The summed E-state index contributed by atoms with van der Waals surface area (Å²) in [6, 6.07) is 6.91. The molecular weight excluding hydrogens is 275 g/mol. The van der Waals surface area contributed by atoms with E-state index in [0.717, 1.165) is 12.2 Å². The van der Waals surface area contributed by atoms with E-state index < -0.39 is 0 Å². The fraction of sp³-hybridized carbons (Fsp3) is 0.625. The molecule has 0 amide bonds. The summed E-state index contributed by atoms with van der Waals surface area (Å²) < 4.78 is 13.4. The molecule has 0 aliphatic carbocycles. The van der Waals surface area contributed by atoms with E-state index in [-0.39, 0.29) is 10.8 Å². The van der Waals surface area contributed by atoms with Crippen molar-refractivity contribution >= 4 is 17.3 Å². The molecule has 2 nitrogen and oxygen atoms in total. The van der Waals surface area contributed by atoms with E-state index in [2.05, 4.69) is 17.1 Å². The van der Waals surface area contributed by atoms with Crippen molar-refractivity contribution in [2.45, 2.75) is 57.2 Å². The van der Waals surface area contributed by atoms with Gasteiger partial charge in [-0.3, -0.25) is 0 Å². The second kappa shape index (κ2) is 5.90. The smallest absolute Gasteiger partial charge is 0.141 e. The van der Waals surface area contributed by atoms with Crippen LogP contribution in [-0.2, 0) is 0 Å². The topological polar surface area (TPSA) is 15.3 Å². The van der Waals surface area contributed by atoms with Gasteiger partial charge in [-0.1, -0.05) is 18.5 Å². The zero-order chi connectivity index (χ0) is 14.1. The third kappa shape index (κ3) is 2.66. The Labute approximate surface area is 125 Å². The highest BCUT2D eigenvalue weighted by Gasteiger charge is 2.38. The fourth-order valence-electron chi connectivity index (χ4n) is 3.90. The number of halogens is 2. The number of piperidine rings is 2. The number of hydrogen-bond acceptors (Lipinski definition) is 2. The van der Waals surface area contributed by atoms with Crippen LogP contribution < -0.4 is 10.2 Å². The molecule has 0 aromatic heterocycles. The van der Waals surface area contributed by atoms with Gasteiger partial charge in [-0.2, -0.15) is 0 Å². The van der Waals surface area contributed by atoms with Gasteiger partial charge in [0.2, 0.25) is 0 Å². The van der Waals surface area contributed by atoms with Gasteiger partial charge in [0, 0.05) is 23.8 Å². The first-order valence-corrected chi connectivity index (χ1v) is 8.03. The first-order chi connectivity index (χ1) is 9.69. The van der Waals surface area contributed by atoms with Crippen LogP contribution in [0.15, 0.2) is 18.2 Å². The SMILES string of the molecule is CCNC1CC2CCCC(C1)N2c1ccc(F)c(Cl)c1. The summed E-state index contributed by atoms with van der Waals surface area (Å²) in [6.45, 7) is 3.20. The third-order valence-electron chi connectivity index (χ3n) is 4.67. The molecule has 2 aliphatic rings. The van der Waals surface area contributed by atoms with Crippen LogP contribution in [0.1, 0.15) is 39.0 Å². The molecule has 2 atom stereocenters. The van der Waals surface area contributed by atoms with Crippen LogP contribution in [0.25, 0.3) is 0 Å². The van der Waals surface area contributed by atoms with Crippen molar-refractivity contribution in [2.24, 2.45) is 0 Å². The lowest BCUT2D eigenvalue weighted by Crippen LogP contribution is -2.56. The van der Waals surface area contributed by atoms with Crippen molar-refractivity contribution in [1.29, 1.82) is 0 Å². The minimum Gasteiger partial charge on any atom is -0.365 e. The van der Waals surface area contributed by atoms with Crippen LogP contribution in [0.5, 0.6) is 0 Å². The van der Waals surface area contributed by atoms with Gasteiger partial charge in [0.15, 0.2) is 0 Å². The molecule has 1 aromatic rings. The largest absolute Gasteiger partial charge is 0.365 e. The third-order valence-corrected chi connectivity index (χ3v) is 4.96. The Morgan fingerprint density at radius 2 is 2.00 bits per heavy atom. The van der Waals surface area contributed by atoms with Gasteiger partial charge < -0.3 is 10.2 Å². The van der Waals surface area contributed by atoms with E-state index in [1.54, 1.807) is 6.07 Å². The molecule has 0 saturated carbocycles. The highest BCUT2D eigenvalue weighted by atomic mass is 35.5. The molecular formula is C16H22ClFN2. The highest BCUT2D eigenvalue weighted by Crippen LogP contribution is 2.38. The molecule has 1 N–H and O–H groups in total. The monoisotopic (exact) mass is 296 g/mol. The van der Waals surface area contributed by atoms with Crippen LogP contribution in [0.2, 0.25) is 5.02 Å². The summed E-state index contributed by atoms with van der Waals surface area (Å²) >= 11 is 5.95. The summed E-state index contributed by atoms with van der Waals surface area (Å²) in [5.74, 6) is -0.330. The Morgan fingerprint density at radius 3 is 2.60 bits per heavy atom. The molecule has 2 heterocycles. The fourth-order valence-corrected chi connectivity index (χ4v) is 4.08. The first kappa shape index (κ1) is 14.2. The lowest BCUT2D eigenvalue weighted by Gasteiger charge is -2.50. The maximum absolute atomic E-state index is 13.4. The first-order valence-electron chi connectivity index (χ1n) is 7.65. The van der Waals surface area contributed by atoms with Gasteiger partial charge in [0.25, 0.3) is 0 Å². The summed E-state index contributed by atoms with van der Waals surface area (Å²) in [6.07, 6.45) is 6.12. The quantitative estimate of drug-likeness (QED) is 0.907. The molecule has 1 aromatic carbocycles. The molecule has 110 valence electrons. The molecule has 0 radical (unpaired) electrons. The van der Waals surface area contributed by atoms with Crippen LogP contribution in [-0.4, -0.2) is 24.7 Å². The van der Waals surface area contributed by atoms with Crippen molar-refractivity contribution < 1.29 is 4.39 Å². The molecule has 4 heteroatoms. The normalized spacial score (nSPS) is 29.6. The van der Waals surface area contributed by atoms with Gasteiger partial charge >= 0.3 is 0 Å². The minimum atomic E-state index is -0.330. The molecule has 2 aliphatic heterocycles. The second-order valence-electron chi connectivity index (χ2n) is 5.97. The van der Waals surface area contributed by atoms with Crippen molar-refractivity contribution in [1.82, 2.24) is 5.32 Å². The van der Waals surface area contributed by atoms with Gasteiger partial charge in [-0.25, -0.2) is 4.39 Å². The lowest BCUT2D eigenvalue weighted by atomic mass is 9.81. The predicted molar refractivity (Wildman–Crippen MR) is 82.0 cm³/mol. The zero-order valence-electron chi connectivity index (χ0n) is 11.9. The minimum absolute atomic E-state index is 0.231. The Bertz CT molecular complexity index is 466. The van der Waals surface area contributed by atoms with Crippen LogP contribution in [0.4, 0.5) is 10.1 Å². The van der Waals surface area contributed by atoms with Crippen molar-refractivity contribution in [3.05, 3.63) is 29.0 Å². The number of benzene rings is 1. The maximum Gasteiger partial charge on any atom is 0.141 e. The molecule has 20 heavy (non-hydrogen) atoms. The summed E-state index contributed by atoms with van der Waals surface area (Å²) in [5, 5.41) is 3.82. The standard InChI is InChI=1S/C16H22ClFN2/c1-2-19-11-8-12-4-3-5-13(9-11)20(12)14-6-7-16(18)15(17)10-14/h6-7,10-13,19H,2-5,8-9H2,1H3. The van der Waals surface area contributed by atoms with Gasteiger partial charge in [-0.05, 0) is 56.8 Å².